The Kier molecular flexibility index (Phi) is 5.07. The standard InChI is InChI=1S/C22H20F2N4O2/c1-11-5-4-6-16(20(11)30-22(23)24)17-9-15-7-14(10-25-21(15)26-17)8-18(29)19-12(2)13(3)27-28-19/h4-7,9-10,22H,8H2,1-3H3,(H,25,26)(H,27,28). The molecule has 0 aliphatic rings. The largest absolute Gasteiger partial charge is 0.434 e. The van der Waals surface area contributed by atoms with Gasteiger partial charge in [-0.15, -0.1) is 0 Å². The van der Waals surface area contributed by atoms with Crippen LogP contribution in [-0.2, 0) is 6.42 Å². The van der Waals surface area contributed by atoms with Crippen molar-refractivity contribution in [1.82, 2.24) is 20.2 Å². The summed E-state index contributed by atoms with van der Waals surface area (Å²) < 4.78 is 30.5. The molecule has 1 aromatic carbocycles. The van der Waals surface area contributed by atoms with E-state index in [2.05, 4.69) is 20.2 Å². The number of nitrogens with one attached hydrogen (secondary N) is 2. The van der Waals surface area contributed by atoms with Crippen molar-refractivity contribution in [3.63, 3.8) is 0 Å². The number of aryl methyl sites for hydroxylation is 2. The van der Waals surface area contributed by atoms with Crippen LogP contribution in [0.25, 0.3) is 22.3 Å². The van der Waals surface area contributed by atoms with Crippen molar-refractivity contribution in [3.05, 3.63) is 64.6 Å². The van der Waals surface area contributed by atoms with Crippen LogP contribution in [0.5, 0.6) is 5.75 Å². The van der Waals surface area contributed by atoms with Gasteiger partial charge in [0.1, 0.15) is 17.1 Å². The Balaban J connectivity index is 1.66. The number of aromatic nitrogens is 4. The summed E-state index contributed by atoms with van der Waals surface area (Å²) >= 11 is 0. The molecule has 0 amide bonds. The average Bonchev–Trinajstić information content (AvgIpc) is 3.26. The molecule has 0 spiro atoms. The minimum atomic E-state index is -2.92. The summed E-state index contributed by atoms with van der Waals surface area (Å²) in [6.45, 7) is 2.52. The zero-order chi connectivity index (χ0) is 21.4. The van der Waals surface area contributed by atoms with Crippen LogP contribution in [0.15, 0.2) is 36.5 Å². The van der Waals surface area contributed by atoms with Gasteiger partial charge in [0.2, 0.25) is 0 Å². The Morgan fingerprint density at radius 2 is 2.00 bits per heavy atom. The van der Waals surface area contributed by atoms with Gasteiger partial charge >= 0.3 is 6.61 Å². The summed E-state index contributed by atoms with van der Waals surface area (Å²) in [7, 11) is 0. The van der Waals surface area contributed by atoms with Crippen LogP contribution in [0.4, 0.5) is 8.78 Å². The monoisotopic (exact) mass is 410 g/mol. The number of pyridine rings is 1. The fourth-order valence-corrected chi connectivity index (χ4v) is 3.44. The van der Waals surface area contributed by atoms with E-state index >= 15 is 0 Å². The van der Waals surface area contributed by atoms with Crippen molar-refractivity contribution in [2.45, 2.75) is 33.8 Å². The van der Waals surface area contributed by atoms with E-state index in [1.807, 2.05) is 26.0 Å². The first-order chi connectivity index (χ1) is 14.3. The molecule has 8 heteroatoms. The molecule has 30 heavy (non-hydrogen) atoms. The number of ether oxygens (including phenoxy) is 1. The SMILES string of the molecule is Cc1cccc(-c2cc3cc(CC(=O)c4n[nH]c(C)c4C)cnc3[nH]2)c1OC(F)F. The number of benzene rings is 1. The van der Waals surface area contributed by atoms with Crippen LogP contribution >= 0.6 is 0 Å². The minimum Gasteiger partial charge on any atom is -0.434 e. The number of carbonyl (C=O) groups excluding carboxylic acids is 1. The van der Waals surface area contributed by atoms with E-state index in [1.54, 1.807) is 31.3 Å². The highest BCUT2D eigenvalue weighted by atomic mass is 19.3. The van der Waals surface area contributed by atoms with Crippen molar-refractivity contribution in [1.29, 1.82) is 0 Å². The molecule has 2 N–H and O–H groups in total. The molecular weight excluding hydrogens is 390 g/mol. The molecule has 0 atom stereocenters. The number of ketones is 1. The number of fused-ring (bicyclic) bond motifs is 1. The lowest BCUT2D eigenvalue weighted by Crippen LogP contribution is -2.06. The lowest BCUT2D eigenvalue weighted by atomic mass is 10.0. The van der Waals surface area contributed by atoms with Gasteiger partial charge < -0.3 is 9.72 Å². The summed E-state index contributed by atoms with van der Waals surface area (Å²) in [6, 6.07) is 8.87. The number of Topliss-reactive ketones (excluding diaryl/α,β-unsaturated/α-hetero) is 1. The topological polar surface area (TPSA) is 83.7 Å². The fourth-order valence-electron chi connectivity index (χ4n) is 3.44. The Morgan fingerprint density at radius 1 is 1.20 bits per heavy atom. The molecule has 0 fully saturated rings. The molecule has 0 saturated heterocycles. The molecule has 0 radical (unpaired) electrons. The molecule has 3 aromatic heterocycles. The summed E-state index contributed by atoms with van der Waals surface area (Å²) in [4.78, 5) is 20.1. The number of hydrogen-bond acceptors (Lipinski definition) is 4. The van der Waals surface area contributed by atoms with E-state index in [9.17, 15) is 13.6 Å². The summed E-state index contributed by atoms with van der Waals surface area (Å²) in [5.41, 5.74) is 5.20. The van der Waals surface area contributed by atoms with Gasteiger partial charge in [-0.25, -0.2) is 4.98 Å². The molecule has 0 aliphatic carbocycles. The Morgan fingerprint density at radius 3 is 2.70 bits per heavy atom. The Labute approximate surface area is 171 Å². The van der Waals surface area contributed by atoms with Gasteiger partial charge in [0, 0.05) is 34.8 Å². The maximum atomic E-state index is 12.9. The van der Waals surface area contributed by atoms with Crippen LogP contribution in [0, 0.1) is 20.8 Å². The second kappa shape index (κ2) is 7.70. The molecule has 154 valence electrons. The third-order valence-electron chi connectivity index (χ3n) is 5.12. The molecule has 4 aromatic rings. The number of rotatable bonds is 6. The predicted octanol–water partition coefficient (Wildman–Crippen LogP) is 4.91. The third kappa shape index (κ3) is 3.68. The van der Waals surface area contributed by atoms with Crippen molar-refractivity contribution in [3.8, 4) is 17.0 Å². The molecule has 4 rings (SSSR count). The lowest BCUT2D eigenvalue weighted by Gasteiger charge is -2.12. The van der Waals surface area contributed by atoms with Crippen LogP contribution in [0.2, 0.25) is 0 Å². The van der Waals surface area contributed by atoms with Crippen LogP contribution in [0.1, 0.15) is 32.9 Å². The molecule has 6 nitrogen and oxygen atoms in total. The van der Waals surface area contributed by atoms with Crippen molar-refractivity contribution >= 4 is 16.8 Å². The minimum absolute atomic E-state index is 0.0972. The number of hydrogen-bond donors (Lipinski definition) is 2. The van der Waals surface area contributed by atoms with Crippen LogP contribution in [-0.4, -0.2) is 32.6 Å². The predicted molar refractivity (Wildman–Crippen MR) is 109 cm³/mol. The number of carbonyl (C=O) groups is 1. The first-order valence-electron chi connectivity index (χ1n) is 9.40. The van der Waals surface area contributed by atoms with Crippen molar-refractivity contribution in [2.24, 2.45) is 0 Å². The van der Waals surface area contributed by atoms with Crippen molar-refractivity contribution in [2.75, 3.05) is 0 Å². The maximum absolute atomic E-state index is 12.9. The highest BCUT2D eigenvalue weighted by molar-refractivity contribution is 5.97. The lowest BCUT2D eigenvalue weighted by molar-refractivity contribution is -0.0499. The van der Waals surface area contributed by atoms with Gasteiger partial charge in [-0.2, -0.15) is 13.9 Å². The molecule has 3 heterocycles. The Bertz CT molecular complexity index is 1240. The van der Waals surface area contributed by atoms with Gasteiger partial charge in [0.15, 0.2) is 5.78 Å². The normalized spacial score (nSPS) is 11.4. The van der Waals surface area contributed by atoms with E-state index in [0.717, 1.165) is 22.2 Å². The smallest absolute Gasteiger partial charge is 0.387 e. The summed E-state index contributed by atoms with van der Waals surface area (Å²) in [6.07, 6.45) is 1.79. The second-order valence-corrected chi connectivity index (χ2v) is 7.22. The number of H-pyrrole nitrogens is 2. The molecule has 0 saturated carbocycles. The third-order valence-corrected chi connectivity index (χ3v) is 5.12. The molecule has 0 unspecified atom stereocenters. The van der Waals surface area contributed by atoms with E-state index in [1.165, 1.54) is 0 Å². The number of aromatic amines is 2. The Hall–Kier alpha value is -3.55. The van der Waals surface area contributed by atoms with E-state index in [0.29, 0.717) is 28.2 Å². The van der Waals surface area contributed by atoms with Gasteiger partial charge in [-0.1, -0.05) is 12.1 Å². The second-order valence-electron chi connectivity index (χ2n) is 7.22. The summed E-state index contributed by atoms with van der Waals surface area (Å²) in [5.74, 6) is 0.0268. The van der Waals surface area contributed by atoms with E-state index in [-0.39, 0.29) is 18.0 Å². The van der Waals surface area contributed by atoms with Gasteiger partial charge in [0.25, 0.3) is 0 Å². The zero-order valence-electron chi connectivity index (χ0n) is 16.7. The maximum Gasteiger partial charge on any atom is 0.387 e. The van der Waals surface area contributed by atoms with Gasteiger partial charge in [-0.3, -0.25) is 9.89 Å². The number of alkyl halides is 2. The van der Waals surface area contributed by atoms with Crippen molar-refractivity contribution < 1.29 is 18.3 Å². The number of para-hydroxylation sites is 1. The van der Waals surface area contributed by atoms with Crippen LogP contribution < -0.4 is 4.74 Å². The van der Waals surface area contributed by atoms with E-state index < -0.39 is 6.61 Å². The van der Waals surface area contributed by atoms with E-state index in [4.69, 9.17) is 4.74 Å². The van der Waals surface area contributed by atoms with Crippen LogP contribution in [0.3, 0.4) is 0 Å². The first kappa shape index (κ1) is 19.8. The quantitative estimate of drug-likeness (QED) is 0.443. The molecule has 0 aliphatic heterocycles. The molecule has 0 bridgehead atoms. The summed E-state index contributed by atoms with van der Waals surface area (Å²) in [5, 5.41) is 7.68. The number of halogens is 2. The fraction of sp³-hybridized carbons (Fsp3) is 0.227. The van der Waals surface area contributed by atoms with Gasteiger partial charge in [-0.05, 0) is 50.1 Å². The molecular formula is C22H20F2N4O2. The van der Waals surface area contributed by atoms with Gasteiger partial charge in [0.05, 0.1) is 5.69 Å². The highest BCUT2D eigenvalue weighted by Gasteiger charge is 2.18. The first-order valence-corrected chi connectivity index (χ1v) is 9.40. The number of nitrogens with zero attached hydrogens (tertiary/aromatic N) is 2. The highest BCUT2D eigenvalue weighted by Crippen LogP contribution is 2.35. The zero-order valence-corrected chi connectivity index (χ0v) is 16.7. The average molecular weight is 410 g/mol.